The molecule has 0 aliphatic heterocycles. The summed E-state index contributed by atoms with van der Waals surface area (Å²) in [7, 11) is 1.77. The van der Waals surface area contributed by atoms with Gasteiger partial charge in [0.1, 0.15) is 0 Å². The third-order valence-corrected chi connectivity index (χ3v) is 3.12. The molecule has 2 aromatic rings. The fourth-order valence-corrected chi connectivity index (χ4v) is 2.00. The molecule has 2 aromatic carbocycles. The molecule has 0 aliphatic rings. The molecule has 0 spiro atoms. The molecule has 2 rings (SSSR count). The molecule has 0 fully saturated rings. The van der Waals surface area contributed by atoms with E-state index >= 15 is 0 Å². The fourth-order valence-electron chi connectivity index (χ4n) is 1.83. The molecular formula is C15H15ClN2O. The molecule has 2 N–H and O–H groups in total. The number of hydrogen-bond donors (Lipinski definition) is 2. The highest BCUT2D eigenvalue weighted by molar-refractivity contribution is 6.31. The zero-order chi connectivity index (χ0) is 13.8. The van der Waals surface area contributed by atoms with Crippen LogP contribution in [0.15, 0.2) is 42.5 Å². The maximum atomic E-state index is 12.3. The summed E-state index contributed by atoms with van der Waals surface area (Å²) in [5, 5.41) is 6.41. The minimum absolute atomic E-state index is 0.179. The van der Waals surface area contributed by atoms with Gasteiger partial charge in [0.25, 0.3) is 5.91 Å². The molecule has 98 valence electrons. The van der Waals surface area contributed by atoms with Crippen LogP contribution in [0.4, 0.5) is 11.4 Å². The Kier molecular flexibility index (Phi) is 4.07. The molecule has 1 amide bonds. The summed E-state index contributed by atoms with van der Waals surface area (Å²) in [6, 6.07) is 12.8. The van der Waals surface area contributed by atoms with E-state index in [0.29, 0.717) is 10.6 Å². The number of benzene rings is 2. The molecule has 19 heavy (non-hydrogen) atoms. The average molecular weight is 275 g/mol. The van der Waals surface area contributed by atoms with Gasteiger partial charge in [0, 0.05) is 23.4 Å². The van der Waals surface area contributed by atoms with Crippen molar-refractivity contribution in [3.63, 3.8) is 0 Å². The van der Waals surface area contributed by atoms with E-state index in [4.69, 9.17) is 11.6 Å². The number of carbonyl (C=O) groups is 1. The number of amides is 1. The van der Waals surface area contributed by atoms with Gasteiger partial charge < -0.3 is 10.6 Å². The zero-order valence-electron chi connectivity index (χ0n) is 10.8. The van der Waals surface area contributed by atoms with Crippen molar-refractivity contribution in [1.82, 2.24) is 0 Å². The molecule has 0 radical (unpaired) electrons. The van der Waals surface area contributed by atoms with Gasteiger partial charge >= 0.3 is 0 Å². The largest absolute Gasteiger partial charge is 0.387 e. The van der Waals surface area contributed by atoms with Crippen LogP contribution >= 0.6 is 11.6 Å². The molecule has 4 heteroatoms. The van der Waals surface area contributed by atoms with Gasteiger partial charge in [0.2, 0.25) is 0 Å². The Bertz CT molecular complexity index is 611. The smallest absolute Gasteiger partial charge is 0.257 e. The predicted octanol–water partition coefficient (Wildman–Crippen LogP) is 3.94. The third kappa shape index (κ3) is 3.06. The molecule has 0 unspecified atom stereocenters. The van der Waals surface area contributed by atoms with Crippen molar-refractivity contribution in [3.8, 4) is 0 Å². The zero-order valence-corrected chi connectivity index (χ0v) is 11.6. The van der Waals surface area contributed by atoms with Crippen LogP contribution in [0.2, 0.25) is 5.02 Å². The third-order valence-electron chi connectivity index (χ3n) is 2.89. The number of halogens is 1. The van der Waals surface area contributed by atoms with Crippen molar-refractivity contribution < 1.29 is 4.79 Å². The van der Waals surface area contributed by atoms with Gasteiger partial charge in [-0.3, -0.25) is 4.79 Å². The number of rotatable bonds is 3. The van der Waals surface area contributed by atoms with Gasteiger partial charge in [-0.15, -0.1) is 0 Å². The molecule has 0 atom stereocenters. The summed E-state index contributed by atoms with van der Waals surface area (Å²) >= 11 is 5.94. The Hall–Kier alpha value is -2.00. The Morgan fingerprint density at radius 3 is 2.53 bits per heavy atom. The molecule has 0 saturated heterocycles. The molecule has 3 nitrogen and oxygen atoms in total. The Balaban J connectivity index is 2.30. The summed E-state index contributed by atoms with van der Waals surface area (Å²) < 4.78 is 0. The number of para-hydroxylation sites is 1. The normalized spacial score (nSPS) is 10.1. The summed E-state index contributed by atoms with van der Waals surface area (Å²) in [5.74, 6) is -0.179. The lowest BCUT2D eigenvalue weighted by Crippen LogP contribution is -2.14. The lowest BCUT2D eigenvalue weighted by Gasteiger charge is -2.11. The fraction of sp³-hybridized carbons (Fsp3) is 0.133. The van der Waals surface area contributed by atoms with Gasteiger partial charge in [0.05, 0.1) is 5.56 Å². The second-order valence-electron chi connectivity index (χ2n) is 4.21. The quantitative estimate of drug-likeness (QED) is 0.890. The topological polar surface area (TPSA) is 41.1 Å². The second-order valence-corrected chi connectivity index (χ2v) is 4.65. The highest BCUT2D eigenvalue weighted by Gasteiger charge is 2.12. The number of anilines is 2. The predicted molar refractivity (Wildman–Crippen MR) is 80.1 cm³/mol. The van der Waals surface area contributed by atoms with Gasteiger partial charge in [-0.1, -0.05) is 29.8 Å². The molecule has 0 aromatic heterocycles. The molecule has 0 heterocycles. The van der Waals surface area contributed by atoms with Crippen LogP contribution in [0.1, 0.15) is 15.9 Å². The van der Waals surface area contributed by atoms with Crippen molar-refractivity contribution in [3.05, 3.63) is 58.6 Å². The van der Waals surface area contributed by atoms with Crippen molar-refractivity contribution >= 4 is 28.9 Å². The van der Waals surface area contributed by atoms with E-state index in [2.05, 4.69) is 10.6 Å². The molecule has 0 bridgehead atoms. The molecular weight excluding hydrogens is 260 g/mol. The first-order valence-electron chi connectivity index (χ1n) is 5.96. The molecule has 0 saturated carbocycles. The van der Waals surface area contributed by atoms with Crippen molar-refractivity contribution in [2.45, 2.75) is 6.92 Å². The highest BCUT2D eigenvalue weighted by Crippen LogP contribution is 2.22. The van der Waals surface area contributed by atoms with E-state index in [-0.39, 0.29) is 5.91 Å². The first kappa shape index (κ1) is 13.4. The minimum atomic E-state index is -0.179. The molecule has 0 aliphatic carbocycles. The summed E-state index contributed by atoms with van der Waals surface area (Å²) in [4.78, 5) is 12.3. The monoisotopic (exact) mass is 274 g/mol. The van der Waals surface area contributed by atoms with E-state index in [9.17, 15) is 4.79 Å². The second kappa shape index (κ2) is 5.76. The van der Waals surface area contributed by atoms with E-state index in [1.807, 2.05) is 31.2 Å². The Morgan fingerprint density at radius 1 is 1.11 bits per heavy atom. The van der Waals surface area contributed by atoms with Crippen LogP contribution in [0.5, 0.6) is 0 Å². The lowest BCUT2D eigenvalue weighted by atomic mass is 10.1. The maximum absolute atomic E-state index is 12.3. The van der Waals surface area contributed by atoms with Crippen LogP contribution in [0.25, 0.3) is 0 Å². The van der Waals surface area contributed by atoms with Crippen molar-refractivity contribution in [1.29, 1.82) is 0 Å². The van der Waals surface area contributed by atoms with Gasteiger partial charge in [-0.2, -0.15) is 0 Å². The van der Waals surface area contributed by atoms with E-state index in [1.165, 1.54) is 0 Å². The first-order valence-corrected chi connectivity index (χ1v) is 6.34. The number of nitrogens with one attached hydrogen (secondary N) is 2. The minimum Gasteiger partial charge on any atom is -0.387 e. The van der Waals surface area contributed by atoms with Gasteiger partial charge in [-0.05, 0) is 36.8 Å². The van der Waals surface area contributed by atoms with Crippen LogP contribution in [-0.2, 0) is 0 Å². The number of hydrogen-bond acceptors (Lipinski definition) is 2. The van der Waals surface area contributed by atoms with Gasteiger partial charge in [-0.25, -0.2) is 0 Å². The average Bonchev–Trinajstić information content (AvgIpc) is 2.41. The number of carbonyl (C=O) groups excluding carboxylic acids is 1. The van der Waals surface area contributed by atoms with Crippen LogP contribution in [0.3, 0.4) is 0 Å². The van der Waals surface area contributed by atoms with E-state index < -0.39 is 0 Å². The van der Waals surface area contributed by atoms with Crippen molar-refractivity contribution in [2.75, 3.05) is 17.7 Å². The SMILES string of the molecule is CNc1ccc(Cl)cc1C(=O)Nc1ccccc1C. The van der Waals surface area contributed by atoms with E-state index in [1.54, 1.807) is 25.2 Å². The van der Waals surface area contributed by atoms with Gasteiger partial charge in [0.15, 0.2) is 0 Å². The summed E-state index contributed by atoms with van der Waals surface area (Å²) in [6.07, 6.45) is 0. The summed E-state index contributed by atoms with van der Waals surface area (Å²) in [6.45, 7) is 1.95. The number of aryl methyl sites for hydroxylation is 1. The van der Waals surface area contributed by atoms with Crippen LogP contribution in [-0.4, -0.2) is 13.0 Å². The first-order chi connectivity index (χ1) is 9.11. The Morgan fingerprint density at radius 2 is 1.84 bits per heavy atom. The lowest BCUT2D eigenvalue weighted by molar-refractivity contribution is 0.102. The van der Waals surface area contributed by atoms with Crippen LogP contribution in [0, 0.1) is 6.92 Å². The highest BCUT2D eigenvalue weighted by atomic mass is 35.5. The maximum Gasteiger partial charge on any atom is 0.257 e. The standard InChI is InChI=1S/C15H15ClN2O/c1-10-5-3-4-6-13(10)18-15(19)12-9-11(16)7-8-14(12)17-2/h3-9,17H,1-2H3,(H,18,19). The summed E-state index contributed by atoms with van der Waals surface area (Å²) in [5.41, 5.74) is 3.09. The Labute approximate surface area is 117 Å². The van der Waals surface area contributed by atoms with E-state index in [0.717, 1.165) is 16.9 Å². The van der Waals surface area contributed by atoms with Crippen LogP contribution < -0.4 is 10.6 Å². The van der Waals surface area contributed by atoms with Crippen molar-refractivity contribution in [2.24, 2.45) is 0 Å².